The van der Waals surface area contributed by atoms with Gasteiger partial charge < -0.3 is 15.5 Å². The van der Waals surface area contributed by atoms with Crippen LogP contribution in [0.15, 0.2) is 60.7 Å². The molecule has 4 nitrogen and oxygen atoms in total. The molecule has 0 radical (unpaired) electrons. The molecule has 24 heavy (non-hydrogen) atoms. The average Bonchev–Trinajstić information content (AvgIpc) is 2.88. The van der Waals surface area contributed by atoms with Gasteiger partial charge in [0.15, 0.2) is 0 Å². The van der Waals surface area contributed by atoms with Gasteiger partial charge in [-0.05, 0) is 31.0 Å². The standard InChI is InChI=1S/C20H25N3O/c1-20(21,17-9-4-2-5-10-17)19(24)23-14-8-13-22(15-16-23)18-11-6-3-7-12-18/h2-7,9-12H,8,13-16,21H2,1H3. The van der Waals surface area contributed by atoms with Gasteiger partial charge in [0.05, 0.1) is 0 Å². The first-order valence-corrected chi connectivity index (χ1v) is 8.53. The van der Waals surface area contributed by atoms with Crippen LogP contribution in [0.25, 0.3) is 0 Å². The molecule has 0 saturated carbocycles. The molecule has 2 aromatic carbocycles. The molecule has 1 heterocycles. The van der Waals surface area contributed by atoms with E-state index in [1.165, 1.54) is 5.69 Å². The van der Waals surface area contributed by atoms with Gasteiger partial charge in [-0.1, -0.05) is 48.5 Å². The summed E-state index contributed by atoms with van der Waals surface area (Å²) in [5.41, 5.74) is 7.50. The highest BCUT2D eigenvalue weighted by atomic mass is 16.2. The van der Waals surface area contributed by atoms with Crippen molar-refractivity contribution in [2.75, 3.05) is 31.1 Å². The number of anilines is 1. The molecule has 1 fully saturated rings. The molecule has 4 heteroatoms. The number of nitrogens with zero attached hydrogens (tertiary/aromatic N) is 2. The van der Waals surface area contributed by atoms with Gasteiger partial charge in [0.25, 0.3) is 0 Å². The van der Waals surface area contributed by atoms with E-state index in [0.29, 0.717) is 6.54 Å². The van der Waals surface area contributed by atoms with Crippen LogP contribution in [0.5, 0.6) is 0 Å². The van der Waals surface area contributed by atoms with Crippen LogP contribution in [-0.2, 0) is 10.3 Å². The molecule has 1 amide bonds. The Balaban J connectivity index is 1.71. The van der Waals surface area contributed by atoms with E-state index in [9.17, 15) is 4.79 Å². The summed E-state index contributed by atoms with van der Waals surface area (Å²) < 4.78 is 0. The van der Waals surface area contributed by atoms with Gasteiger partial charge in [-0.2, -0.15) is 0 Å². The zero-order valence-corrected chi connectivity index (χ0v) is 14.2. The lowest BCUT2D eigenvalue weighted by molar-refractivity contribution is -0.136. The quantitative estimate of drug-likeness (QED) is 0.944. The summed E-state index contributed by atoms with van der Waals surface area (Å²) in [6, 6.07) is 20.0. The van der Waals surface area contributed by atoms with E-state index in [-0.39, 0.29) is 5.91 Å². The number of rotatable bonds is 3. The maximum Gasteiger partial charge on any atom is 0.247 e. The summed E-state index contributed by atoms with van der Waals surface area (Å²) in [6.45, 7) is 5.06. The topological polar surface area (TPSA) is 49.6 Å². The number of para-hydroxylation sites is 1. The van der Waals surface area contributed by atoms with Crippen LogP contribution in [0.1, 0.15) is 18.9 Å². The Bertz CT molecular complexity index is 670. The molecule has 126 valence electrons. The number of hydrogen-bond donors (Lipinski definition) is 1. The maximum atomic E-state index is 13.0. The Hall–Kier alpha value is -2.33. The van der Waals surface area contributed by atoms with Crippen LogP contribution >= 0.6 is 0 Å². The number of nitrogens with two attached hydrogens (primary N) is 1. The summed E-state index contributed by atoms with van der Waals surface area (Å²) in [5, 5.41) is 0. The van der Waals surface area contributed by atoms with Gasteiger partial charge in [0, 0.05) is 31.9 Å². The zero-order valence-electron chi connectivity index (χ0n) is 14.2. The van der Waals surface area contributed by atoms with Crippen molar-refractivity contribution in [2.24, 2.45) is 5.73 Å². The third-order valence-corrected chi connectivity index (χ3v) is 4.72. The summed E-state index contributed by atoms with van der Waals surface area (Å²) >= 11 is 0. The van der Waals surface area contributed by atoms with Crippen molar-refractivity contribution in [1.82, 2.24) is 4.90 Å². The summed E-state index contributed by atoms with van der Waals surface area (Å²) in [7, 11) is 0. The second kappa shape index (κ2) is 7.05. The lowest BCUT2D eigenvalue weighted by Gasteiger charge is -2.31. The van der Waals surface area contributed by atoms with Crippen LogP contribution in [0.3, 0.4) is 0 Å². The Morgan fingerprint density at radius 3 is 2.21 bits per heavy atom. The fourth-order valence-electron chi connectivity index (χ4n) is 3.25. The predicted octanol–water partition coefficient (Wildman–Crippen LogP) is 2.60. The highest BCUT2D eigenvalue weighted by molar-refractivity contribution is 5.87. The molecule has 1 saturated heterocycles. The number of carbonyl (C=O) groups excluding carboxylic acids is 1. The minimum Gasteiger partial charge on any atom is -0.370 e. The first-order valence-electron chi connectivity index (χ1n) is 8.53. The van der Waals surface area contributed by atoms with E-state index in [4.69, 9.17) is 5.73 Å². The predicted molar refractivity (Wildman–Crippen MR) is 97.8 cm³/mol. The Morgan fingerprint density at radius 2 is 1.54 bits per heavy atom. The fraction of sp³-hybridized carbons (Fsp3) is 0.350. The van der Waals surface area contributed by atoms with Crippen LogP contribution in [-0.4, -0.2) is 37.0 Å². The molecule has 1 atom stereocenters. The molecule has 0 spiro atoms. The van der Waals surface area contributed by atoms with Crippen molar-refractivity contribution >= 4 is 11.6 Å². The molecule has 2 aromatic rings. The van der Waals surface area contributed by atoms with Crippen LogP contribution < -0.4 is 10.6 Å². The molecule has 0 aromatic heterocycles. The number of carbonyl (C=O) groups is 1. The van der Waals surface area contributed by atoms with Crippen LogP contribution in [0.2, 0.25) is 0 Å². The van der Waals surface area contributed by atoms with E-state index >= 15 is 0 Å². The van der Waals surface area contributed by atoms with Gasteiger partial charge in [-0.15, -0.1) is 0 Å². The molecule has 0 aliphatic carbocycles. The maximum absolute atomic E-state index is 13.0. The summed E-state index contributed by atoms with van der Waals surface area (Å²) in [5.74, 6) is 0.00334. The summed E-state index contributed by atoms with van der Waals surface area (Å²) in [6.07, 6.45) is 0.950. The minimum absolute atomic E-state index is 0.00334. The van der Waals surface area contributed by atoms with Crippen molar-refractivity contribution in [2.45, 2.75) is 18.9 Å². The third kappa shape index (κ3) is 3.44. The second-order valence-corrected chi connectivity index (χ2v) is 6.54. The normalized spacial score (nSPS) is 17.9. The van der Waals surface area contributed by atoms with Gasteiger partial charge in [-0.25, -0.2) is 0 Å². The van der Waals surface area contributed by atoms with Crippen LogP contribution in [0.4, 0.5) is 5.69 Å². The van der Waals surface area contributed by atoms with E-state index < -0.39 is 5.54 Å². The largest absolute Gasteiger partial charge is 0.370 e. The number of hydrogen-bond acceptors (Lipinski definition) is 3. The van der Waals surface area contributed by atoms with Crippen molar-refractivity contribution in [1.29, 1.82) is 0 Å². The van der Waals surface area contributed by atoms with E-state index in [1.807, 2.05) is 48.2 Å². The molecule has 2 N–H and O–H groups in total. The van der Waals surface area contributed by atoms with E-state index in [2.05, 4.69) is 29.2 Å². The fourth-order valence-corrected chi connectivity index (χ4v) is 3.25. The van der Waals surface area contributed by atoms with Gasteiger partial charge >= 0.3 is 0 Å². The van der Waals surface area contributed by atoms with Gasteiger partial charge in [0.2, 0.25) is 5.91 Å². The Labute approximate surface area is 143 Å². The minimum atomic E-state index is -0.983. The lowest BCUT2D eigenvalue weighted by Crippen LogP contribution is -2.51. The van der Waals surface area contributed by atoms with Crippen molar-refractivity contribution < 1.29 is 4.79 Å². The van der Waals surface area contributed by atoms with Crippen LogP contribution in [0, 0.1) is 0 Å². The monoisotopic (exact) mass is 323 g/mol. The van der Waals surface area contributed by atoms with E-state index in [0.717, 1.165) is 31.6 Å². The van der Waals surface area contributed by atoms with Gasteiger partial charge in [-0.3, -0.25) is 4.79 Å². The van der Waals surface area contributed by atoms with Crippen molar-refractivity contribution in [3.63, 3.8) is 0 Å². The second-order valence-electron chi connectivity index (χ2n) is 6.54. The lowest BCUT2D eigenvalue weighted by atomic mass is 9.91. The van der Waals surface area contributed by atoms with Crippen molar-refractivity contribution in [3.8, 4) is 0 Å². The molecule has 3 rings (SSSR count). The van der Waals surface area contributed by atoms with Gasteiger partial charge in [0.1, 0.15) is 5.54 Å². The molecular formula is C20H25N3O. The first kappa shape index (κ1) is 16.5. The number of amides is 1. The first-order chi connectivity index (χ1) is 11.6. The molecule has 1 unspecified atom stereocenters. The Kier molecular flexibility index (Phi) is 4.86. The Morgan fingerprint density at radius 1 is 0.917 bits per heavy atom. The van der Waals surface area contributed by atoms with Crippen molar-refractivity contribution in [3.05, 3.63) is 66.2 Å². The molecule has 0 bridgehead atoms. The highest BCUT2D eigenvalue weighted by Gasteiger charge is 2.35. The SMILES string of the molecule is CC(N)(C(=O)N1CCCN(c2ccccc2)CC1)c1ccccc1. The van der Waals surface area contributed by atoms with E-state index in [1.54, 1.807) is 0 Å². The third-order valence-electron chi connectivity index (χ3n) is 4.72. The summed E-state index contributed by atoms with van der Waals surface area (Å²) in [4.78, 5) is 17.2. The number of benzene rings is 2. The zero-order chi connectivity index (χ0) is 17.0. The average molecular weight is 323 g/mol. The molecular weight excluding hydrogens is 298 g/mol. The molecule has 1 aliphatic rings. The smallest absolute Gasteiger partial charge is 0.247 e. The molecule has 1 aliphatic heterocycles. The highest BCUT2D eigenvalue weighted by Crippen LogP contribution is 2.22.